The highest BCUT2D eigenvalue weighted by Gasteiger charge is 2.47. The standard InChI is InChI=1S/C16H26O3S2/c1-2-21(19)11-13-12(14-9-10-15(13)20-14)7-5-3-4-6-8-16(17)18/h3,5,12-15H,2,4,6-11H2,1H3,(H,17,18)/b5-3-/t12-,13+,14-,15+,21?/m1/s1. The smallest absolute Gasteiger partial charge is 0.303 e. The molecule has 2 rings (SSSR count). The van der Waals surface area contributed by atoms with E-state index in [0.717, 1.165) is 41.3 Å². The van der Waals surface area contributed by atoms with Crippen LogP contribution in [0.3, 0.4) is 0 Å². The number of fused-ring (bicyclic) bond motifs is 2. The molecule has 2 aliphatic rings. The van der Waals surface area contributed by atoms with E-state index in [1.807, 2.05) is 6.92 Å². The summed E-state index contributed by atoms with van der Waals surface area (Å²) >= 11 is 2.13. The summed E-state index contributed by atoms with van der Waals surface area (Å²) in [6.07, 6.45) is 9.90. The van der Waals surface area contributed by atoms with Gasteiger partial charge in [0.15, 0.2) is 0 Å². The van der Waals surface area contributed by atoms with E-state index in [1.165, 1.54) is 12.8 Å². The van der Waals surface area contributed by atoms with Crippen LogP contribution in [-0.4, -0.2) is 37.3 Å². The van der Waals surface area contributed by atoms with Crippen LogP contribution in [0.5, 0.6) is 0 Å². The molecule has 3 nitrogen and oxygen atoms in total. The Morgan fingerprint density at radius 3 is 2.67 bits per heavy atom. The van der Waals surface area contributed by atoms with Crippen LogP contribution in [-0.2, 0) is 15.6 Å². The zero-order chi connectivity index (χ0) is 15.2. The number of carbonyl (C=O) groups is 1. The predicted octanol–water partition coefficient (Wildman–Crippen LogP) is 3.47. The summed E-state index contributed by atoms with van der Waals surface area (Å²) in [5, 5.41) is 10.1. The van der Waals surface area contributed by atoms with E-state index >= 15 is 0 Å². The fourth-order valence-electron chi connectivity index (χ4n) is 3.50. The van der Waals surface area contributed by atoms with Crippen molar-refractivity contribution in [3.8, 4) is 0 Å². The molecule has 0 aliphatic carbocycles. The maximum Gasteiger partial charge on any atom is 0.303 e. The molecule has 0 aromatic heterocycles. The van der Waals surface area contributed by atoms with Gasteiger partial charge in [0.05, 0.1) is 0 Å². The molecule has 2 aliphatic heterocycles. The predicted molar refractivity (Wildman–Crippen MR) is 90.2 cm³/mol. The molecule has 0 aromatic carbocycles. The second-order valence-electron chi connectivity index (χ2n) is 6.01. The van der Waals surface area contributed by atoms with Gasteiger partial charge in [-0.25, -0.2) is 0 Å². The number of unbranched alkanes of at least 4 members (excludes halogenated alkanes) is 1. The first kappa shape index (κ1) is 17.1. The Bertz CT molecular complexity index is 408. The molecule has 0 spiro atoms. The average Bonchev–Trinajstić information content (AvgIpc) is 3.04. The minimum Gasteiger partial charge on any atom is -0.481 e. The van der Waals surface area contributed by atoms with Crippen LogP contribution in [0.4, 0.5) is 0 Å². The fourth-order valence-corrected chi connectivity index (χ4v) is 6.78. The molecule has 5 atom stereocenters. The van der Waals surface area contributed by atoms with E-state index in [1.54, 1.807) is 0 Å². The van der Waals surface area contributed by atoms with Crippen molar-refractivity contribution >= 4 is 28.5 Å². The molecule has 1 N–H and O–H groups in total. The zero-order valence-corrected chi connectivity index (χ0v) is 14.3. The van der Waals surface area contributed by atoms with Gasteiger partial charge in [0.25, 0.3) is 0 Å². The Hall–Kier alpha value is -0.290. The Kier molecular flexibility index (Phi) is 6.80. The molecule has 2 heterocycles. The van der Waals surface area contributed by atoms with Gasteiger partial charge < -0.3 is 5.11 Å². The quantitative estimate of drug-likeness (QED) is 0.519. The summed E-state index contributed by atoms with van der Waals surface area (Å²) < 4.78 is 11.9. The van der Waals surface area contributed by atoms with Crippen molar-refractivity contribution in [2.75, 3.05) is 11.5 Å². The highest BCUT2D eigenvalue weighted by Crippen LogP contribution is 2.54. The van der Waals surface area contributed by atoms with E-state index in [0.29, 0.717) is 11.8 Å². The number of carboxylic acids is 1. The number of thioether (sulfide) groups is 1. The van der Waals surface area contributed by atoms with Crippen molar-refractivity contribution in [2.24, 2.45) is 11.8 Å². The molecular formula is C16H26O3S2. The summed E-state index contributed by atoms with van der Waals surface area (Å²) in [4.78, 5) is 10.4. The largest absolute Gasteiger partial charge is 0.481 e. The number of hydrogen-bond acceptors (Lipinski definition) is 3. The lowest BCUT2D eigenvalue weighted by atomic mass is 9.78. The van der Waals surface area contributed by atoms with E-state index < -0.39 is 16.8 Å². The van der Waals surface area contributed by atoms with Crippen LogP contribution >= 0.6 is 11.8 Å². The molecule has 1 unspecified atom stereocenters. The summed E-state index contributed by atoms with van der Waals surface area (Å²) in [6.45, 7) is 2.01. The minimum absolute atomic E-state index is 0.256. The first-order valence-corrected chi connectivity index (χ1v) is 10.4. The van der Waals surface area contributed by atoms with Gasteiger partial charge in [-0.3, -0.25) is 9.00 Å². The summed E-state index contributed by atoms with van der Waals surface area (Å²) in [5.74, 6) is 2.24. The Balaban J connectivity index is 1.78. The molecule has 0 saturated carbocycles. The highest BCUT2D eigenvalue weighted by molar-refractivity contribution is 8.01. The molecule has 2 saturated heterocycles. The molecule has 2 bridgehead atoms. The van der Waals surface area contributed by atoms with Crippen molar-refractivity contribution in [1.82, 2.24) is 0 Å². The average molecular weight is 331 g/mol. The highest BCUT2D eigenvalue weighted by atomic mass is 32.2. The molecule has 5 heteroatoms. The van der Waals surface area contributed by atoms with E-state index in [4.69, 9.17) is 5.11 Å². The Labute approximate surface area is 134 Å². The number of rotatable bonds is 9. The molecule has 0 aromatic rings. The second kappa shape index (κ2) is 8.37. The van der Waals surface area contributed by atoms with Gasteiger partial charge in [-0.15, -0.1) is 0 Å². The van der Waals surface area contributed by atoms with E-state index in [-0.39, 0.29) is 6.42 Å². The lowest BCUT2D eigenvalue weighted by Crippen LogP contribution is -2.31. The van der Waals surface area contributed by atoms with Crippen molar-refractivity contribution in [2.45, 2.75) is 55.9 Å². The molecule has 120 valence electrons. The van der Waals surface area contributed by atoms with Gasteiger partial charge in [-0.2, -0.15) is 11.8 Å². The van der Waals surface area contributed by atoms with E-state index in [9.17, 15) is 9.00 Å². The maximum atomic E-state index is 11.9. The van der Waals surface area contributed by atoms with Crippen LogP contribution in [0.2, 0.25) is 0 Å². The monoisotopic (exact) mass is 330 g/mol. The molecule has 21 heavy (non-hydrogen) atoms. The van der Waals surface area contributed by atoms with Gasteiger partial charge in [-0.1, -0.05) is 19.1 Å². The topological polar surface area (TPSA) is 54.4 Å². The van der Waals surface area contributed by atoms with Gasteiger partial charge in [-0.05, 0) is 43.9 Å². The fraction of sp³-hybridized carbons (Fsp3) is 0.812. The zero-order valence-electron chi connectivity index (χ0n) is 12.7. The van der Waals surface area contributed by atoms with Crippen molar-refractivity contribution < 1.29 is 14.1 Å². The van der Waals surface area contributed by atoms with Gasteiger partial charge in [0.2, 0.25) is 0 Å². The van der Waals surface area contributed by atoms with Gasteiger partial charge >= 0.3 is 5.97 Å². The van der Waals surface area contributed by atoms with Crippen molar-refractivity contribution in [1.29, 1.82) is 0 Å². The third-order valence-corrected chi connectivity index (χ3v) is 7.90. The molecule has 0 amide bonds. The van der Waals surface area contributed by atoms with Crippen LogP contribution in [0.1, 0.15) is 45.4 Å². The van der Waals surface area contributed by atoms with Crippen LogP contribution in [0.25, 0.3) is 0 Å². The molecule has 0 radical (unpaired) electrons. The van der Waals surface area contributed by atoms with E-state index in [2.05, 4.69) is 23.9 Å². The van der Waals surface area contributed by atoms with Gasteiger partial charge in [0, 0.05) is 39.2 Å². The maximum absolute atomic E-state index is 11.9. The Morgan fingerprint density at radius 2 is 2.00 bits per heavy atom. The first-order chi connectivity index (χ1) is 10.1. The van der Waals surface area contributed by atoms with Crippen LogP contribution in [0.15, 0.2) is 12.2 Å². The normalized spacial score (nSPS) is 32.8. The van der Waals surface area contributed by atoms with Crippen molar-refractivity contribution in [3.63, 3.8) is 0 Å². The van der Waals surface area contributed by atoms with Crippen LogP contribution < -0.4 is 0 Å². The first-order valence-electron chi connectivity index (χ1n) is 7.99. The molecular weight excluding hydrogens is 304 g/mol. The lowest BCUT2D eigenvalue weighted by Gasteiger charge is -2.28. The van der Waals surface area contributed by atoms with Gasteiger partial charge in [0.1, 0.15) is 0 Å². The minimum atomic E-state index is -0.713. The third kappa shape index (κ3) is 4.85. The summed E-state index contributed by atoms with van der Waals surface area (Å²) in [7, 11) is -0.658. The Morgan fingerprint density at radius 1 is 1.29 bits per heavy atom. The second-order valence-corrected chi connectivity index (χ2v) is 9.28. The lowest BCUT2D eigenvalue weighted by molar-refractivity contribution is -0.137. The number of hydrogen-bond donors (Lipinski definition) is 1. The summed E-state index contributed by atoms with van der Waals surface area (Å²) in [6, 6.07) is 0. The van der Waals surface area contributed by atoms with Crippen LogP contribution in [0, 0.1) is 11.8 Å². The summed E-state index contributed by atoms with van der Waals surface area (Å²) in [5.41, 5.74) is 0. The van der Waals surface area contributed by atoms with Crippen molar-refractivity contribution in [3.05, 3.63) is 12.2 Å². The number of carboxylic acid groups (broad SMARTS) is 1. The SMILES string of the molecule is CCS(=O)C[C@H]1[C@@H](C/C=C\CCCC(=O)O)[C@H]2CC[C@@H]1S2. The number of aliphatic carboxylic acids is 1. The number of allylic oxidation sites excluding steroid dienone is 2. The third-order valence-electron chi connectivity index (χ3n) is 4.63. The molecule has 2 fully saturated rings.